The largest absolute Gasteiger partial charge is 0.496 e. The maximum Gasteiger partial charge on any atom is 0.317 e. The lowest BCUT2D eigenvalue weighted by molar-refractivity contribution is -0.138. The number of carbonyl (C=O) groups is 1. The first-order chi connectivity index (χ1) is 9.58. The van der Waals surface area contributed by atoms with Gasteiger partial charge in [0.15, 0.2) is 0 Å². The molecule has 1 heterocycles. The fourth-order valence-electron chi connectivity index (χ4n) is 2.59. The van der Waals surface area contributed by atoms with Gasteiger partial charge >= 0.3 is 5.97 Å². The van der Waals surface area contributed by atoms with Crippen LogP contribution in [0.5, 0.6) is 5.75 Å². The molecule has 0 spiro atoms. The summed E-state index contributed by atoms with van der Waals surface area (Å²) in [6.07, 6.45) is 0. The molecule has 1 aromatic rings. The van der Waals surface area contributed by atoms with Gasteiger partial charge in [-0.05, 0) is 24.1 Å². The standard InChI is InChI=1S/C15H22N2O3/c1-12-9-13(3-4-14(12)20-2)10-16-5-7-17(8-6-16)11-15(18)19/h3-4,9H,5-8,10-11H2,1-2H3,(H,18,19). The fourth-order valence-corrected chi connectivity index (χ4v) is 2.59. The normalized spacial score (nSPS) is 17.1. The summed E-state index contributed by atoms with van der Waals surface area (Å²) in [5.74, 6) is 0.171. The van der Waals surface area contributed by atoms with Gasteiger partial charge in [0.2, 0.25) is 0 Å². The van der Waals surface area contributed by atoms with Crippen LogP contribution >= 0.6 is 0 Å². The zero-order valence-corrected chi connectivity index (χ0v) is 12.1. The van der Waals surface area contributed by atoms with Crippen LogP contribution in [0.25, 0.3) is 0 Å². The zero-order valence-electron chi connectivity index (χ0n) is 12.1. The van der Waals surface area contributed by atoms with Crippen molar-refractivity contribution in [1.82, 2.24) is 9.80 Å². The van der Waals surface area contributed by atoms with E-state index in [0.29, 0.717) is 0 Å². The van der Waals surface area contributed by atoms with Crippen molar-refractivity contribution in [2.45, 2.75) is 13.5 Å². The van der Waals surface area contributed by atoms with Gasteiger partial charge in [0.1, 0.15) is 5.75 Å². The Hall–Kier alpha value is -1.59. The van der Waals surface area contributed by atoms with Crippen LogP contribution < -0.4 is 4.74 Å². The Morgan fingerprint density at radius 3 is 2.45 bits per heavy atom. The number of rotatable bonds is 5. The molecular weight excluding hydrogens is 256 g/mol. The van der Waals surface area contributed by atoms with Gasteiger partial charge in [-0.2, -0.15) is 0 Å². The predicted octanol–water partition coefficient (Wildman–Crippen LogP) is 1.21. The van der Waals surface area contributed by atoms with E-state index in [9.17, 15) is 4.79 Å². The molecular formula is C15H22N2O3. The number of ether oxygens (including phenoxy) is 1. The average molecular weight is 278 g/mol. The van der Waals surface area contributed by atoms with E-state index >= 15 is 0 Å². The number of piperazine rings is 1. The third-order valence-corrected chi connectivity index (χ3v) is 3.69. The number of carboxylic acid groups (broad SMARTS) is 1. The molecule has 0 aromatic heterocycles. The number of hydrogen-bond acceptors (Lipinski definition) is 4. The van der Waals surface area contributed by atoms with Gasteiger partial charge in [0, 0.05) is 32.7 Å². The summed E-state index contributed by atoms with van der Waals surface area (Å²) in [7, 11) is 1.68. The van der Waals surface area contributed by atoms with E-state index in [1.165, 1.54) is 5.56 Å². The summed E-state index contributed by atoms with van der Waals surface area (Å²) in [6.45, 7) is 6.58. The van der Waals surface area contributed by atoms with Gasteiger partial charge in [0.25, 0.3) is 0 Å². The Morgan fingerprint density at radius 2 is 1.90 bits per heavy atom. The Labute approximate surface area is 119 Å². The molecule has 20 heavy (non-hydrogen) atoms. The van der Waals surface area contributed by atoms with E-state index in [-0.39, 0.29) is 6.54 Å². The first-order valence-electron chi connectivity index (χ1n) is 6.88. The molecule has 1 N–H and O–H groups in total. The number of hydrogen-bond donors (Lipinski definition) is 1. The quantitative estimate of drug-likeness (QED) is 0.877. The van der Waals surface area contributed by atoms with Crippen molar-refractivity contribution in [3.63, 3.8) is 0 Å². The zero-order chi connectivity index (χ0) is 14.5. The number of carboxylic acids is 1. The van der Waals surface area contributed by atoms with Gasteiger partial charge in [-0.15, -0.1) is 0 Å². The second-order valence-electron chi connectivity index (χ2n) is 5.25. The maximum atomic E-state index is 10.7. The van der Waals surface area contributed by atoms with Gasteiger partial charge in [0.05, 0.1) is 13.7 Å². The summed E-state index contributed by atoms with van der Waals surface area (Å²) >= 11 is 0. The first-order valence-corrected chi connectivity index (χ1v) is 6.88. The van der Waals surface area contributed by atoms with Crippen LogP contribution in [-0.2, 0) is 11.3 Å². The van der Waals surface area contributed by atoms with Crippen molar-refractivity contribution in [1.29, 1.82) is 0 Å². The summed E-state index contributed by atoms with van der Waals surface area (Å²) < 4.78 is 5.27. The minimum Gasteiger partial charge on any atom is -0.496 e. The van der Waals surface area contributed by atoms with Crippen LogP contribution in [-0.4, -0.2) is 60.7 Å². The number of benzene rings is 1. The first kappa shape index (κ1) is 14.8. The molecule has 0 saturated carbocycles. The Morgan fingerprint density at radius 1 is 1.25 bits per heavy atom. The second kappa shape index (κ2) is 6.72. The molecule has 0 unspecified atom stereocenters. The topological polar surface area (TPSA) is 53.0 Å². The van der Waals surface area contributed by atoms with E-state index in [0.717, 1.165) is 44.0 Å². The van der Waals surface area contributed by atoms with E-state index in [4.69, 9.17) is 9.84 Å². The summed E-state index contributed by atoms with van der Waals surface area (Å²) in [5.41, 5.74) is 2.42. The molecule has 110 valence electrons. The van der Waals surface area contributed by atoms with E-state index in [2.05, 4.69) is 17.0 Å². The third kappa shape index (κ3) is 3.95. The van der Waals surface area contributed by atoms with Crippen molar-refractivity contribution < 1.29 is 14.6 Å². The maximum absolute atomic E-state index is 10.7. The van der Waals surface area contributed by atoms with Crippen LogP contribution in [0.1, 0.15) is 11.1 Å². The Kier molecular flexibility index (Phi) is 4.98. The van der Waals surface area contributed by atoms with Crippen LogP contribution in [0, 0.1) is 6.92 Å². The van der Waals surface area contributed by atoms with Crippen LogP contribution in [0.15, 0.2) is 18.2 Å². The minimum atomic E-state index is -0.746. The molecule has 1 fully saturated rings. The van der Waals surface area contributed by atoms with Crippen molar-refractivity contribution in [3.8, 4) is 5.75 Å². The molecule has 0 radical (unpaired) electrons. The third-order valence-electron chi connectivity index (χ3n) is 3.69. The highest BCUT2D eigenvalue weighted by molar-refractivity contribution is 5.69. The number of aryl methyl sites for hydroxylation is 1. The van der Waals surface area contributed by atoms with Gasteiger partial charge in [-0.1, -0.05) is 12.1 Å². The molecule has 5 nitrogen and oxygen atoms in total. The SMILES string of the molecule is COc1ccc(CN2CCN(CC(=O)O)CC2)cc1C. The number of methoxy groups -OCH3 is 1. The lowest BCUT2D eigenvalue weighted by Crippen LogP contribution is -2.47. The van der Waals surface area contributed by atoms with Crippen LogP contribution in [0.3, 0.4) is 0 Å². The minimum absolute atomic E-state index is 0.148. The molecule has 0 bridgehead atoms. The molecule has 0 aliphatic carbocycles. The highest BCUT2D eigenvalue weighted by Gasteiger charge is 2.18. The Balaban J connectivity index is 1.86. The number of aliphatic carboxylic acids is 1. The number of nitrogens with zero attached hydrogens (tertiary/aromatic N) is 2. The average Bonchev–Trinajstić information content (AvgIpc) is 2.41. The highest BCUT2D eigenvalue weighted by atomic mass is 16.5. The van der Waals surface area contributed by atoms with Crippen LogP contribution in [0.2, 0.25) is 0 Å². The second-order valence-corrected chi connectivity index (χ2v) is 5.25. The summed E-state index contributed by atoms with van der Waals surface area (Å²) in [6, 6.07) is 6.25. The van der Waals surface area contributed by atoms with Gasteiger partial charge in [-0.25, -0.2) is 0 Å². The highest BCUT2D eigenvalue weighted by Crippen LogP contribution is 2.19. The van der Waals surface area contributed by atoms with Gasteiger partial charge in [-0.3, -0.25) is 14.6 Å². The molecule has 1 aliphatic heterocycles. The molecule has 1 aliphatic rings. The predicted molar refractivity (Wildman–Crippen MR) is 77.1 cm³/mol. The van der Waals surface area contributed by atoms with Gasteiger partial charge < -0.3 is 9.84 Å². The van der Waals surface area contributed by atoms with E-state index in [1.807, 2.05) is 17.9 Å². The van der Waals surface area contributed by atoms with Crippen molar-refractivity contribution in [2.24, 2.45) is 0 Å². The van der Waals surface area contributed by atoms with E-state index in [1.54, 1.807) is 7.11 Å². The van der Waals surface area contributed by atoms with Crippen molar-refractivity contribution in [2.75, 3.05) is 39.8 Å². The van der Waals surface area contributed by atoms with E-state index < -0.39 is 5.97 Å². The monoisotopic (exact) mass is 278 g/mol. The molecule has 2 rings (SSSR count). The molecule has 0 amide bonds. The molecule has 1 aromatic carbocycles. The summed E-state index contributed by atoms with van der Waals surface area (Å²) in [4.78, 5) is 15.0. The lowest BCUT2D eigenvalue weighted by atomic mass is 10.1. The Bertz CT molecular complexity index is 468. The molecule has 0 atom stereocenters. The lowest BCUT2D eigenvalue weighted by Gasteiger charge is -2.33. The smallest absolute Gasteiger partial charge is 0.317 e. The molecule has 5 heteroatoms. The summed E-state index contributed by atoms with van der Waals surface area (Å²) in [5, 5.41) is 8.78. The van der Waals surface area contributed by atoms with Crippen molar-refractivity contribution >= 4 is 5.97 Å². The van der Waals surface area contributed by atoms with Crippen LogP contribution in [0.4, 0.5) is 0 Å². The van der Waals surface area contributed by atoms with Crippen molar-refractivity contribution in [3.05, 3.63) is 29.3 Å². The molecule has 1 saturated heterocycles. The fraction of sp³-hybridized carbons (Fsp3) is 0.533.